The Balaban J connectivity index is 1.28. The lowest BCUT2D eigenvalue weighted by atomic mass is 9.44. The van der Waals surface area contributed by atoms with Gasteiger partial charge in [0.05, 0.1) is 12.2 Å². The average molecular weight is 429 g/mol. The number of allylic oxidation sites excluding steroid dienone is 2. The minimum absolute atomic E-state index is 0.0113. The van der Waals surface area contributed by atoms with Crippen LogP contribution in [0.2, 0.25) is 0 Å². The Morgan fingerprint density at radius 3 is 2.42 bits per heavy atom. The second kappa shape index (κ2) is 6.19. The van der Waals surface area contributed by atoms with Crippen LogP contribution in [0.5, 0.6) is 0 Å². The van der Waals surface area contributed by atoms with Crippen molar-refractivity contribution in [3.63, 3.8) is 0 Å². The van der Waals surface area contributed by atoms with Crippen molar-refractivity contribution < 1.29 is 14.6 Å². The van der Waals surface area contributed by atoms with E-state index in [-0.39, 0.29) is 28.3 Å². The van der Waals surface area contributed by atoms with Gasteiger partial charge in [0.1, 0.15) is 16.8 Å². The van der Waals surface area contributed by atoms with Crippen molar-refractivity contribution in [3.8, 4) is 0 Å². The summed E-state index contributed by atoms with van der Waals surface area (Å²) in [5.74, 6) is 3.43. The average Bonchev–Trinajstić information content (AvgIpc) is 3.55. The molecule has 2 saturated heterocycles. The molecule has 31 heavy (non-hydrogen) atoms. The van der Waals surface area contributed by atoms with E-state index in [1.54, 1.807) is 0 Å². The Morgan fingerprint density at radius 1 is 0.903 bits per heavy atom. The van der Waals surface area contributed by atoms with E-state index in [2.05, 4.69) is 53.7 Å². The first-order valence-electron chi connectivity index (χ1n) is 13.3. The second-order valence-corrected chi connectivity index (χ2v) is 13.3. The number of epoxide rings is 2. The lowest BCUT2D eigenvalue weighted by molar-refractivity contribution is -0.0730. The fraction of sp³-hybridized carbons (Fsp3) is 0.929. The summed E-state index contributed by atoms with van der Waals surface area (Å²) in [6.45, 7) is 14.5. The van der Waals surface area contributed by atoms with Crippen LogP contribution in [0.3, 0.4) is 0 Å². The highest BCUT2D eigenvalue weighted by molar-refractivity contribution is 5.41. The quantitative estimate of drug-likeness (QED) is 0.448. The minimum atomic E-state index is -0.189. The van der Waals surface area contributed by atoms with E-state index in [0.717, 1.165) is 31.6 Å². The molecule has 2 aliphatic heterocycles. The molecule has 1 spiro atoms. The van der Waals surface area contributed by atoms with E-state index >= 15 is 0 Å². The van der Waals surface area contributed by atoms with E-state index in [1.165, 1.54) is 25.7 Å². The van der Waals surface area contributed by atoms with Gasteiger partial charge in [-0.25, -0.2) is 0 Å². The maximum absolute atomic E-state index is 10.4. The molecule has 11 atom stereocenters. The summed E-state index contributed by atoms with van der Waals surface area (Å²) in [4.78, 5) is 0. The lowest BCUT2D eigenvalue weighted by Crippen LogP contribution is -2.63. The fourth-order valence-corrected chi connectivity index (χ4v) is 9.76. The molecule has 6 aliphatic rings. The predicted molar refractivity (Wildman–Crippen MR) is 123 cm³/mol. The van der Waals surface area contributed by atoms with Crippen molar-refractivity contribution in [2.24, 2.45) is 40.4 Å². The van der Waals surface area contributed by atoms with Gasteiger partial charge in [-0.05, 0) is 73.5 Å². The molecule has 3 nitrogen and oxygen atoms in total. The zero-order valence-electron chi connectivity index (χ0n) is 20.6. The highest BCUT2D eigenvalue weighted by Gasteiger charge is 2.94. The highest BCUT2D eigenvalue weighted by atomic mass is 16.7. The molecule has 6 rings (SSSR count). The number of rotatable bonds is 4. The summed E-state index contributed by atoms with van der Waals surface area (Å²) in [6, 6.07) is 0. The molecular weight excluding hydrogens is 384 g/mol. The van der Waals surface area contributed by atoms with Gasteiger partial charge < -0.3 is 14.6 Å². The maximum Gasteiger partial charge on any atom is 0.107 e. The molecule has 2 heterocycles. The van der Waals surface area contributed by atoms with Gasteiger partial charge in [0.25, 0.3) is 0 Å². The number of fused-ring (bicyclic) bond motifs is 1. The summed E-state index contributed by atoms with van der Waals surface area (Å²) in [7, 11) is 0. The standard InChI is InChI=1S/C28H44O3/c1-17(2)18(3)7-8-19(4)21-9-10-22-24(21,5)13-14-28-25(6)12-11-20(29)15-27(25)23(30-27)16-26(22,28)31-28/h7-8,17-23,29H,9-16H2,1-6H3/b8-7+/t18-,19+,20-,21+,22+,23-,24+,25-,26-,27-,28-/m0/s1. The third kappa shape index (κ3) is 2.32. The lowest BCUT2D eigenvalue weighted by Gasteiger charge is -2.55. The number of aliphatic hydroxyl groups is 1. The fourth-order valence-electron chi connectivity index (χ4n) is 9.76. The first-order valence-corrected chi connectivity index (χ1v) is 13.3. The molecule has 3 heteroatoms. The van der Waals surface area contributed by atoms with Gasteiger partial charge in [0, 0.05) is 18.3 Å². The molecule has 4 saturated carbocycles. The highest BCUT2D eigenvalue weighted by Crippen LogP contribution is 2.85. The molecule has 0 unspecified atom stereocenters. The van der Waals surface area contributed by atoms with E-state index in [4.69, 9.17) is 9.47 Å². The zero-order valence-corrected chi connectivity index (χ0v) is 20.6. The van der Waals surface area contributed by atoms with Crippen LogP contribution in [-0.4, -0.2) is 34.1 Å². The van der Waals surface area contributed by atoms with Crippen molar-refractivity contribution in [3.05, 3.63) is 12.2 Å². The topological polar surface area (TPSA) is 45.3 Å². The van der Waals surface area contributed by atoms with E-state index < -0.39 is 0 Å². The molecule has 0 radical (unpaired) electrons. The molecule has 0 amide bonds. The Hall–Kier alpha value is -0.380. The van der Waals surface area contributed by atoms with Crippen LogP contribution >= 0.6 is 0 Å². The first-order chi connectivity index (χ1) is 14.6. The van der Waals surface area contributed by atoms with Crippen LogP contribution in [0.15, 0.2) is 12.2 Å². The predicted octanol–water partition coefficient (Wildman–Crippen LogP) is 5.90. The third-order valence-electron chi connectivity index (χ3n) is 12.0. The molecule has 0 bridgehead atoms. The van der Waals surface area contributed by atoms with Crippen LogP contribution in [0.1, 0.15) is 92.9 Å². The second-order valence-electron chi connectivity index (χ2n) is 13.3. The molecule has 0 aromatic carbocycles. The Kier molecular flexibility index (Phi) is 4.23. The Bertz CT molecular complexity index is 806. The van der Waals surface area contributed by atoms with Gasteiger partial charge in [-0.15, -0.1) is 0 Å². The maximum atomic E-state index is 10.4. The van der Waals surface area contributed by atoms with Gasteiger partial charge >= 0.3 is 0 Å². The monoisotopic (exact) mass is 428 g/mol. The van der Waals surface area contributed by atoms with E-state index in [0.29, 0.717) is 35.2 Å². The van der Waals surface area contributed by atoms with Crippen LogP contribution in [-0.2, 0) is 9.47 Å². The smallest absolute Gasteiger partial charge is 0.107 e. The number of ether oxygens (including phenoxy) is 2. The number of hydrogen-bond donors (Lipinski definition) is 1. The Morgan fingerprint density at radius 2 is 1.68 bits per heavy atom. The molecule has 1 N–H and O–H groups in total. The van der Waals surface area contributed by atoms with E-state index in [9.17, 15) is 5.11 Å². The number of aliphatic hydroxyl groups excluding tert-OH is 1. The van der Waals surface area contributed by atoms with Crippen LogP contribution in [0.4, 0.5) is 0 Å². The van der Waals surface area contributed by atoms with Crippen molar-refractivity contribution in [1.82, 2.24) is 0 Å². The first kappa shape index (κ1) is 21.2. The molecule has 6 fully saturated rings. The van der Waals surface area contributed by atoms with Crippen molar-refractivity contribution in [2.75, 3.05) is 0 Å². The largest absolute Gasteiger partial charge is 0.393 e. The van der Waals surface area contributed by atoms with Crippen LogP contribution < -0.4 is 0 Å². The summed E-state index contributed by atoms with van der Waals surface area (Å²) in [5.41, 5.74) is 0.423. The number of hydrogen-bond acceptors (Lipinski definition) is 3. The normalized spacial score (nSPS) is 58.7. The summed E-state index contributed by atoms with van der Waals surface area (Å²) in [5, 5.41) is 10.4. The van der Waals surface area contributed by atoms with Gasteiger partial charge in [0.15, 0.2) is 0 Å². The molecule has 174 valence electrons. The summed E-state index contributed by atoms with van der Waals surface area (Å²) in [6.07, 6.45) is 14.2. The zero-order chi connectivity index (χ0) is 22.0. The summed E-state index contributed by atoms with van der Waals surface area (Å²) < 4.78 is 13.6. The van der Waals surface area contributed by atoms with Gasteiger partial charge in [-0.2, -0.15) is 0 Å². The molecule has 0 aromatic heterocycles. The van der Waals surface area contributed by atoms with Gasteiger partial charge in [-0.3, -0.25) is 0 Å². The van der Waals surface area contributed by atoms with Crippen molar-refractivity contribution in [2.45, 2.75) is 122 Å². The van der Waals surface area contributed by atoms with Crippen LogP contribution in [0, 0.1) is 40.4 Å². The molecule has 4 aliphatic carbocycles. The van der Waals surface area contributed by atoms with Gasteiger partial charge in [0.2, 0.25) is 0 Å². The van der Waals surface area contributed by atoms with Crippen molar-refractivity contribution >= 4 is 0 Å². The van der Waals surface area contributed by atoms with Crippen molar-refractivity contribution in [1.29, 1.82) is 0 Å². The minimum Gasteiger partial charge on any atom is -0.393 e. The Labute approximate surface area is 189 Å². The SMILES string of the molecule is CC(C)[C@@H](C)/C=C/[C@@H](C)[C@H]1CC[C@@H]2[C@]1(C)CC[C@@]13O[C@@]21C[C@@H]1O[C@@]12C[C@@H](O)CC[C@]32C. The van der Waals surface area contributed by atoms with Crippen LogP contribution in [0.25, 0.3) is 0 Å². The third-order valence-corrected chi connectivity index (χ3v) is 12.0. The molecule has 0 aromatic rings. The van der Waals surface area contributed by atoms with E-state index in [1.807, 2.05) is 0 Å². The van der Waals surface area contributed by atoms with Gasteiger partial charge in [-0.1, -0.05) is 53.7 Å². The summed E-state index contributed by atoms with van der Waals surface area (Å²) >= 11 is 0. The molecular formula is C28H44O3.